The number of hydrogen-bond donors (Lipinski definition) is 1. The standard InChI is InChI=1S/C17H28N2O/c1-13(18)6-11-16(20)19(5)12-14-7-9-15(10-8-14)17(2,3)4/h7-10,13H,6,11-12,18H2,1-5H3. The molecule has 0 fully saturated rings. The lowest BCUT2D eigenvalue weighted by Gasteiger charge is -2.21. The van der Waals surface area contributed by atoms with Crippen LogP contribution in [0.25, 0.3) is 0 Å². The van der Waals surface area contributed by atoms with Gasteiger partial charge in [-0.2, -0.15) is 0 Å². The third-order valence-electron chi connectivity index (χ3n) is 3.48. The van der Waals surface area contributed by atoms with Crippen molar-refractivity contribution >= 4 is 5.91 Å². The number of hydrogen-bond acceptors (Lipinski definition) is 2. The smallest absolute Gasteiger partial charge is 0.222 e. The van der Waals surface area contributed by atoms with Gasteiger partial charge in [-0.3, -0.25) is 4.79 Å². The first-order valence-corrected chi connectivity index (χ1v) is 7.29. The van der Waals surface area contributed by atoms with E-state index in [-0.39, 0.29) is 17.4 Å². The van der Waals surface area contributed by atoms with Gasteiger partial charge in [0.25, 0.3) is 0 Å². The van der Waals surface area contributed by atoms with Gasteiger partial charge in [0.2, 0.25) is 5.91 Å². The van der Waals surface area contributed by atoms with E-state index in [0.717, 1.165) is 12.0 Å². The highest BCUT2D eigenvalue weighted by molar-refractivity contribution is 5.75. The van der Waals surface area contributed by atoms with Gasteiger partial charge in [0.05, 0.1) is 0 Å². The minimum Gasteiger partial charge on any atom is -0.341 e. The van der Waals surface area contributed by atoms with E-state index in [2.05, 4.69) is 45.0 Å². The number of carbonyl (C=O) groups excluding carboxylic acids is 1. The first kappa shape index (κ1) is 16.7. The molecule has 0 saturated heterocycles. The van der Waals surface area contributed by atoms with Gasteiger partial charge in [-0.1, -0.05) is 45.0 Å². The maximum Gasteiger partial charge on any atom is 0.222 e. The van der Waals surface area contributed by atoms with Crippen LogP contribution >= 0.6 is 0 Å². The molecule has 0 saturated carbocycles. The number of nitrogens with two attached hydrogens (primary N) is 1. The minimum absolute atomic E-state index is 0.0819. The maximum absolute atomic E-state index is 11.9. The molecule has 1 atom stereocenters. The Hall–Kier alpha value is -1.35. The summed E-state index contributed by atoms with van der Waals surface area (Å²) in [6.07, 6.45) is 1.26. The van der Waals surface area contributed by atoms with Crippen LogP contribution in [-0.4, -0.2) is 23.9 Å². The van der Waals surface area contributed by atoms with E-state index in [9.17, 15) is 4.79 Å². The summed E-state index contributed by atoms with van der Waals surface area (Å²) in [6, 6.07) is 8.59. The summed E-state index contributed by atoms with van der Waals surface area (Å²) < 4.78 is 0. The Morgan fingerprint density at radius 1 is 1.25 bits per heavy atom. The summed E-state index contributed by atoms with van der Waals surface area (Å²) in [5.74, 6) is 0.155. The van der Waals surface area contributed by atoms with Crippen LogP contribution in [0.4, 0.5) is 0 Å². The molecule has 1 aromatic carbocycles. The molecule has 0 aliphatic rings. The number of rotatable bonds is 5. The summed E-state index contributed by atoms with van der Waals surface area (Å²) >= 11 is 0. The Balaban J connectivity index is 2.58. The van der Waals surface area contributed by atoms with Gasteiger partial charge < -0.3 is 10.6 Å². The van der Waals surface area contributed by atoms with Crippen molar-refractivity contribution in [2.45, 2.75) is 58.5 Å². The predicted molar refractivity (Wildman–Crippen MR) is 84.5 cm³/mol. The van der Waals surface area contributed by atoms with Crippen LogP contribution in [0, 0.1) is 0 Å². The second kappa shape index (κ2) is 6.89. The number of amides is 1. The second-order valence-corrected chi connectivity index (χ2v) is 6.71. The lowest BCUT2D eigenvalue weighted by molar-refractivity contribution is -0.130. The average molecular weight is 276 g/mol. The fourth-order valence-electron chi connectivity index (χ4n) is 2.01. The van der Waals surface area contributed by atoms with Gasteiger partial charge in [-0.05, 0) is 29.9 Å². The monoisotopic (exact) mass is 276 g/mol. The van der Waals surface area contributed by atoms with Crippen molar-refractivity contribution in [2.75, 3.05) is 7.05 Å². The molecule has 1 rings (SSSR count). The molecule has 1 aromatic rings. The lowest BCUT2D eigenvalue weighted by Crippen LogP contribution is -2.28. The molecule has 3 nitrogen and oxygen atoms in total. The number of nitrogens with zero attached hydrogens (tertiary/aromatic N) is 1. The molecule has 112 valence electrons. The molecular weight excluding hydrogens is 248 g/mol. The van der Waals surface area contributed by atoms with Crippen LogP contribution in [0.3, 0.4) is 0 Å². The Morgan fingerprint density at radius 3 is 2.25 bits per heavy atom. The van der Waals surface area contributed by atoms with Gasteiger partial charge in [0.15, 0.2) is 0 Å². The molecule has 3 heteroatoms. The third-order valence-corrected chi connectivity index (χ3v) is 3.48. The van der Waals surface area contributed by atoms with Gasteiger partial charge in [0, 0.05) is 26.1 Å². The van der Waals surface area contributed by atoms with Crippen molar-refractivity contribution in [3.8, 4) is 0 Å². The lowest BCUT2D eigenvalue weighted by atomic mass is 9.87. The highest BCUT2D eigenvalue weighted by Crippen LogP contribution is 2.22. The zero-order valence-corrected chi connectivity index (χ0v) is 13.4. The maximum atomic E-state index is 11.9. The summed E-state index contributed by atoms with van der Waals surface area (Å²) in [4.78, 5) is 13.7. The Morgan fingerprint density at radius 2 is 1.80 bits per heavy atom. The van der Waals surface area contributed by atoms with E-state index < -0.39 is 0 Å². The molecule has 0 heterocycles. The van der Waals surface area contributed by atoms with E-state index >= 15 is 0 Å². The highest BCUT2D eigenvalue weighted by atomic mass is 16.2. The Bertz CT molecular complexity index is 429. The first-order chi connectivity index (χ1) is 9.20. The van der Waals surface area contributed by atoms with Crippen molar-refractivity contribution in [1.29, 1.82) is 0 Å². The van der Waals surface area contributed by atoms with Crippen LogP contribution in [0.15, 0.2) is 24.3 Å². The van der Waals surface area contributed by atoms with Gasteiger partial charge in [-0.25, -0.2) is 0 Å². The molecule has 20 heavy (non-hydrogen) atoms. The van der Waals surface area contributed by atoms with Crippen molar-refractivity contribution in [1.82, 2.24) is 4.90 Å². The van der Waals surface area contributed by atoms with E-state index in [1.54, 1.807) is 4.90 Å². The second-order valence-electron chi connectivity index (χ2n) is 6.71. The van der Waals surface area contributed by atoms with Crippen LogP contribution < -0.4 is 5.73 Å². The van der Waals surface area contributed by atoms with Crippen molar-refractivity contribution in [2.24, 2.45) is 5.73 Å². The SMILES string of the molecule is CC(N)CCC(=O)N(C)Cc1ccc(C(C)(C)C)cc1. The number of benzene rings is 1. The fraction of sp³-hybridized carbons (Fsp3) is 0.588. The third kappa shape index (κ3) is 5.33. The van der Waals surface area contributed by atoms with Crippen LogP contribution in [0.1, 0.15) is 51.7 Å². The highest BCUT2D eigenvalue weighted by Gasteiger charge is 2.14. The van der Waals surface area contributed by atoms with Gasteiger partial charge in [-0.15, -0.1) is 0 Å². The Labute approximate surface area is 123 Å². The first-order valence-electron chi connectivity index (χ1n) is 7.29. The topological polar surface area (TPSA) is 46.3 Å². The summed E-state index contributed by atoms with van der Waals surface area (Å²) in [5.41, 5.74) is 8.32. The van der Waals surface area contributed by atoms with Crippen LogP contribution in [0.2, 0.25) is 0 Å². The Kier molecular flexibility index (Phi) is 5.75. The summed E-state index contributed by atoms with van der Waals surface area (Å²) in [6.45, 7) is 9.18. The molecule has 1 amide bonds. The summed E-state index contributed by atoms with van der Waals surface area (Å²) in [5, 5.41) is 0. The molecule has 2 N–H and O–H groups in total. The zero-order valence-electron chi connectivity index (χ0n) is 13.4. The van der Waals surface area contributed by atoms with Crippen molar-refractivity contribution in [3.63, 3.8) is 0 Å². The molecule has 0 bridgehead atoms. The zero-order chi connectivity index (χ0) is 15.3. The predicted octanol–water partition coefficient (Wildman–Crippen LogP) is 3.07. The molecular formula is C17H28N2O. The number of carbonyl (C=O) groups is 1. The van der Waals surface area contributed by atoms with E-state index in [1.165, 1.54) is 5.56 Å². The van der Waals surface area contributed by atoms with E-state index in [0.29, 0.717) is 13.0 Å². The molecule has 0 radical (unpaired) electrons. The summed E-state index contributed by atoms with van der Waals surface area (Å²) in [7, 11) is 1.85. The molecule has 1 unspecified atom stereocenters. The quantitative estimate of drug-likeness (QED) is 0.898. The van der Waals surface area contributed by atoms with Gasteiger partial charge >= 0.3 is 0 Å². The van der Waals surface area contributed by atoms with E-state index in [4.69, 9.17) is 5.73 Å². The molecule has 0 spiro atoms. The van der Waals surface area contributed by atoms with Crippen molar-refractivity contribution < 1.29 is 4.79 Å². The van der Waals surface area contributed by atoms with Crippen LogP contribution in [-0.2, 0) is 16.8 Å². The molecule has 0 aliphatic carbocycles. The van der Waals surface area contributed by atoms with Crippen LogP contribution in [0.5, 0.6) is 0 Å². The fourth-order valence-corrected chi connectivity index (χ4v) is 2.01. The largest absolute Gasteiger partial charge is 0.341 e. The average Bonchev–Trinajstić information content (AvgIpc) is 2.35. The van der Waals surface area contributed by atoms with E-state index in [1.807, 2.05) is 14.0 Å². The normalized spacial score (nSPS) is 13.1. The molecule has 0 aromatic heterocycles. The molecule has 0 aliphatic heterocycles. The van der Waals surface area contributed by atoms with Gasteiger partial charge in [0.1, 0.15) is 0 Å². The van der Waals surface area contributed by atoms with Crippen molar-refractivity contribution in [3.05, 3.63) is 35.4 Å². The minimum atomic E-state index is 0.0819.